The molecule has 1 aromatic rings. The smallest absolute Gasteiger partial charge is 0.246 e. The Kier molecular flexibility index (Phi) is 11.1. The molecule has 1 fully saturated rings. The standard InChI is InChI=1S/C17H31N5O3.HI/c1-5-24-13(2)16-20-15(25-21-16)12-19-17(18-3)22(4)9-6-14-7-10-23-11-8-14;/h13-14H,5-12H2,1-4H3,(H,18,19);1H. The van der Waals surface area contributed by atoms with Gasteiger partial charge in [-0.05, 0) is 39.0 Å². The summed E-state index contributed by atoms with van der Waals surface area (Å²) >= 11 is 0. The highest BCUT2D eigenvalue weighted by Crippen LogP contribution is 2.18. The fourth-order valence-corrected chi connectivity index (χ4v) is 2.89. The van der Waals surface area contributed by atoms with Gasteiger partial charge in [-0.2, -0.15) is 4.98 Å². The molecule has 9 heteroatoms. The van der Waals surface area contributed by atoms with Gasteiger partial charge >= 0.3 is 0 Å². The lowest BCUT2D eigenvalue weighted by molar-refractivity contribution is 0.0625. The van der Waals surface area contributed by atoms with E-state index in [0.717, 1.165) is 50.9 Å². The quantitative estimate of drug-likeness (QED) is 0.347. The normalized spacial score (nSPS) is 16.8. The third-order valence-corrected chi connectivity index (χ3v) is 4.45. The van der Waals surface area contributed by atoms with Crippen molar-refractivity contribution in [3.05, 3.63) is 11.7 Å². The second-order valence-corrected chi connectivity index (χ2v) is 6.31. The van der Waals surface area contributed by atoms with Crippen LogP contribution in [0.1, 0.15) is 50.9 Å². The molecule has 0 radical (unpaired) electrons. The Morgan fingerprint density at radius 2 is 2.15 bits per heavy atom. The largest absolute Gasteiger partial charge is 0.381 e. The molecule has 0 aliphatic carbocycles. The molecular weight excluding hydrogens is 449 g/mol. The first-order valence-electron chi connectivity index (χ1n) is 9.07. The topological polar surface area (TPSA) is 85.0 Å². The first-order chi connectivity index (χ1) is 12.1. The predicted octanol–water partition coefficient (Wildman–Crippen LogP) is 2.61. The highest BCUT2D eigenvalue weighted by Gasteiger charge is 2.17. The number of hydrogen-bond acceptors (Lipinski definition) is 6. The van der Waals surface area contributed by atoms with Crippen LogP contribution in [0, 0.1) is 5.92 Å². The van der Waals surface area contributed by atoms with E-state index in [-0.39, 0.29) is 30.1 Å². The van der Waals surface area contributed by atoms with Crippen LogP contribution in [0.2, 0.25) is 0 Å². The monoisotopic (exact) mass is 481 g/mol. The van der Waals surface area contributed by atoms with Gasteiger partial charge in [-0.15, -0.1) is 24.0 Å². The summed E-state index contributed by atoms with van der Waals surface area (Å²) in [5.41, 5.74) is 0. The summed E-state index contributed by atoms with van der Waals surface area (Å²) in [5, 5.41) is 7.24. The van der Waals surface area contributed by atoms with Gasteiger partial charge in [-0.3, -0.25) is 4.99 Å². The Balaban J connectivity index is 0.00000338. The molecule has 0 amide bonds. The number of ether oxygens (including phenoxy) is 2. The predicted molar refractivity (Wildman–Crippen MR) is 111 cm³/mol. The second-order valence-electron chi connectivity index (χ2n) is 6.31. The molecule has 0 bridgehead atoms. The average Bonchev–Trinajstić information content (AvgIpc) is 3.11. The molecule has 8 nitrogen and oxygen atoms in total. The Labute approximate surface area is 173 Å². The van der Waals surface area contributed by atoms with Crippen LogP contribution in [0.25, 0.3) is 0 Å². The van der Waals surface area contributed by atoms with E-state index in [1.807, 2.05) is 20.9 Å². The summed E-state index contributed by atoms with van der Waals surface area (Å²) in [7, 11) is 3.83. The molecule has 0 aromatic carbocycles. The van der Waals surface area contributed by atoms with Gasteiger partial charge in [0.2, 0.25) is 5.89 Å². The molecule has 150 valence electrons. The number of guanidine groups is 1. The molecule has 0 saturated carbocycles. The number of halogens is 1. The van der Waals surface area contributed by atoms with E-state index in [2.05, 4.69) is 25.3 Å². The van der Waals surface area contributed by atoms with Crippen molar-refractivity contribution in [3.8, 4) is 0 Å². The maximum atomic E-state index is 5.47. The molecule has 1 unspecified atom stereocenters. The van der Waals surface area contributed by atoms with Crippen molar-refractivity contribution in [1.82, 2.24) is 20.4 Å². The number of aromatic nitrogens is 2. The van der Waals surface area contributed by atoms with Crippen molar-refractivity contribution < 1.29 is 14.0 Å². The van der Waals surface area contributed by atoms with E-state index >= 15 is 0 Å². The van der Waals surface area contributed by atoms with Gasteiger partial charge < -0.3 is 24.2 Å². The molecule has 1 aliphatic heterocycles. The fourth-order valence-electron chi connectivity index (χ4n) is 2.89. The number of nitrogens with one attached hydrogen (secondary N) is 1. The van der Waals surface area contributed by atoms with Crippen LogP contribution in [0.4, 0.5) is 0 Å². The van der Waals surface area contributed by atoms with E-state index in [4.69, 9.17) is 14.0 Å². The van der Waals surface area contributed by atoms with Gasteiger partial charge in [-0.25, -0.2) is 0 Å². The molecule has 2 rings (SSSR count). The van der Waals surface area contributed by atoms with Crippen LogP contribution in [-0.4, -0.2) is 61.5 Å². The molecule has 26 heavy (non-hydrogen) atoms. The lowest BCUT2D eigenvalue weighted by atomic mass is 9.96. The van der Waals surface area contributed by atoms with Crippen LogP contribution in [0.15, 0.2) is 9.52 Å². The summed E-state index contributed by atoms with van der Waals surface area (Å²) in [5.74, 6) is 2.67. The Hall–Kier alpha value is -0.940. The van der Waals surface area contributed by atoms with E-state index in [0.29, 0.717) is 24.9 Å². The van der Waals surface area contributed by atoms with Gasteiger partial charge in [0.15, 0.2) is 11.8 Å². The number of hydrogen-bond donors (Lipinski definition) is 1. The third-order valence-electron chi connectivity index (χ3n) is 4.45. The van der Waals surface area contributed by atoms with Crippen molar-refractivity contribution >= 4 is 29.9 Å². The first-order valence-corrected chi connectivity index (χ1v) is 9.07. The van der Waals surface area contributed by atoms with Crippen molar-refractivity contribution in [3.63, 3.8) is 0 Å². The fraction of sp³-hybridized carbons (Fsp3) is 0.824. The SMILES string of the molecule is CCOC(C)c1noc(CNC(=NC)N(C)CCC2CCOCC2)n1.I. The molecule has 1 aliphatic rings. The van der Waals surface area contributed by atoms with E-state index in [1.165, 1.54) is 0 Å². The zero-order valence-electron chi connectivity index (χ0n) is 16.2. The van der Waals surface area contributed by atoms with Gasteiger partial charge in [0.05, 0.1) is 6.54 Å². The number of rotatable bonds is 8. The summed E-state index contributed by atoms with van der Waals surface area (Å²) in [4.78, 5) is 10.8. The van der Waals surface area contributed by atoms with Crippen molar-refractivity contribution in [1.29, 1.82) is 0 Å². The Bertz CT molecular complexity index is 534. The highest BCUT2D eigenvalue weighted by atomic mass is 127. The lowest BCUT2D eigenvalue weighted by Crippen LogP contribution is -2.39. The molecular formula is C17H32IN5O3. The highest BCUT2D eigenvalue weighted by molar-refractivity contribution is 14.0. The molecule has 1 atom stereocenters. The van der Waals surface area contributed by atoms with E-state index < -0.39 is 0 Å². The minimum absolute atomic E-state index is 0. The Morgan fingerprint density at radius 1 is 1.42 bits per heavy atom. The van der Waals surface area contributed by atoms with Crippen molar-refractivity contribution in [2.24, 2.45) is 10.9 Å². The zero-order chi connectivity index (χ0) is 18.1. The zero-order valence-corrected chi connectivity index (χ0v) is 18.6. The van der Waals surface area contributed by atoms with Crippen LogP contribution in [-0.2, 0) is 16.0 Å². The van der Waals surface area contributed by atoms with Crippen molar-refractivity contribution in [2.75, 3.05) is 40.5 Å². The summed E-state index contributed by atoms with van der Waals surface area (Å²) in [6.45, 7) is 7.66. The first kappa shape index (κ1) is 23.1. The van der Waals surface area contributed by atoms with Crippen LogP contribution < -0.4 is 5.32 Å². The molecule has 1 N–H and O–H groups in total. The second kappa shape index (κ2) is 12.4. The average molecular weight is 481 g/mol. The maximum absolute atomic E-state index is 5.47. The lowest BCUT2D eigenvalue weighted by Gasteiger charge is -2.26. The van der Waals surface area contributed by atoms with E-state index in [9.17, 15) is 0 Å². The maximum Gasteiger partial charge on any atom is 0.246 e. The molecule has 1 saturated heterocycles. The van der Waals surface area contributed by atoms with Gasteiger partial charge in [0, 0.05) is 40.5 Å². The molecule has 1 aromatic heterocycles. The van der Waals surface area contributed by atoms with E-state index in [1.54, 1.807) is 7.05 Å². The van der Waals surface area contributed by atoms with Gasteiger partial charge in [0.1, 0.15) is 6.10 Å². The minimum Gasteiger partial charge on any atom is -0.381 e. The summed E-state index contributed by atoms with van der Waals surface area (Å²) in [6.07, 6.45) is 3.30. The van der Waals surface area contributed by atoms with Gasteiger partial charge in [0.25, 0.3) is 0 Å². The third kappa shape index (κ3) is 7.36. The van der Waals surface area contributed by atoms with Crippen LogP contribution >= 0.6 is 24.0 Å². The Morgan fingerprint density at radius 3 is 2.81 bits per heavy atom. The van der Waals surface area contributed by atoms with Crippen molar-refractivity contribution in [2.45, 2.75) is 45.8 Å². The molecule has 0 spiro atoms. The van der Waals surface area contributed by atoms with Crippen LogP contribution in [0.5, 0.6) is 0 Å². The summed E-state index contributed by atoms with van der Waals surface area (Å²) in [6, 6.07) is 0. The number of aliphatic imine (C=N–C) groups is 1. The van der Waals surface area contributed by atoms with Crippen LogP contribution in [0.3, 0.4) is 0 Å². The number of nitrogens with zero attached hydrogens (tertiary/aromatic N) is 4. The van der Waals surface area contributed by atoms with Gasteiger partial charge in [-0.1, -0.05) is 5.16 Å². The minimum atomic E-state index is -0.163. The molecule has 2 heterocycles. The summed E-state index contributed by atoms with van der Waals surface area (Å²) < 4.78 is 16.2.